The summed E-state index contributed by atoms with van der Waals surface area (Å²) in [6, 6.07) is 12.6. The first kappa shape index (κ1) is 32.4. The topological polar surface area (TPSA) is 168 Å². The second kappa shape index (κ2) is 15.2. The molecule has 0 radical (unpaired) electrons. The number of carbonyl (C=O) groups excluding carboxylic acids is 2. The molecule has 2 amide bonds. The van der Waals surface area contributed by atoms with E-state index in [1.54, 1.807) is 18.3 Å². The first-order valence-electron chi connectivity index (χ1n) is 12.4. The summed E-state index contributed by atoms with van der Waals surface area (Å²) < 4.78 is 39.5. The minimum absolute atomic E-state index is 0.0396. The van der Waals surface area contributed by atoms with E-state index in [1.807, 2.05) is 24.3 Å². The Morgan fingerprint density at radius 3 is 2.56 bits per heavy atom. The second-order valence-electron chi connectivity index (χ2n) is 8.99. The molecule has 0 aliphatic heterocycles. The maximum absolute atomic E-state index is 13.7. The van der Waals surface area contributed by atoms with Crippen LogP contribution in [0.2, 0.25) is 5.02 Å². The maximum Gasteiger partial charge on any atom is 0.469 e. The van der Waals surface area contributed by atoms with Gasteiger partial charge >= 0.3 is 13.9 Å². The van der Waals surface area contributed by atoms with Gasteiger partial charge in [-0.15, -0.1) is 0 Å². The van der Waals surface area contributed by atoms with Gasteiger partial charge in [0, 0.05) is 25.1 Å². The van der Waals surface area contributed by atoms with Gasteiger partial charge < -0.3 is 29.3 Å². The third-order valence-corrected chi connectivity index (χ3v) is 6.81. The predicted molar refractivity (Wildman–Crippen MR) is 148 cm³/mol. The zero-order valence-corrected chi connectivity index (χ0v) is 23.6. The Kier molecular flexibility index (Phi) is 12.0. The van der Waals surface area contributed by atoms with E-state index in [2.05, 4.69) is 14.8 Å². The molecule has 1 heterocycles. The number of aromatic nitrogens is 1. The van der Waals surface area contributed by atoms with Crippen molar-refractivity contribution in [3.8, 4) is 0 Å². The number of aryl methyl sites for hydroxylation is 1. The number of fused-ring (bicyclic) bond motifs is 1. The fraction of sp³-hybridized carbons (Fsp3) is 0.346. The van der Waals surface area contributed by atoms with Crippen LogP contribution in [0.5, 0.6) is 0 Å². The van der Waals surface area contributed by atoms with Crippen molar-refractivity contribution in [2.75, 3.05) is 38.8 Å². The van der Waals surface area contributed by atoms with Crippen molar-refractivity contribution in [2.24, 2.45) is 0 Å². The largest absolute Gasteiger partial charge is 0.469 e. The van der Waals surface area contributed by atoms with Gasteiger partial charge in [-0.05, 0) is 29.5 Å². The normalized spacial score (nSPS) is 13.0. The lowest BCUT2D eigenvalue weighted by Crippen LogP contribution is -2.44. The molecule has 222 valence electrons. The molecule has 4 N–H and O–H groups in total. The number of nitrogens with one attached hydrogen (secondary N) is 1. The highest BCUT2D eigenvalue weighted by atomic mass is 35.5. The minimum atomic E-state index is -4.78. The number of phosphoric acid groups is 1. The highest BCUT2D eigenvalue weighted by Gasteiger charge is 2.24. The molecule has 0 unspecified atom stereocenters. The van der Waals surface area contributed by atoms with Crippen molar-refractivity contribution in [2.45, 2.75) is 25.0 Å². The Labute approximate surface area is 240 Å². The average molecular weight is 614 g/mol. The second-order valence-corrected chi connectivity index (χ2v) is 10.6. The van der Waals surface area contributed by atoms with Crippen LogP contribution >= 0.6 is 19.4 Å². The summed E-state index contributed by atoms with van der Waals surface area (Å²) in [5.74, 6) is -0.728. The fourth-order valence-electron chi connectivity index (χ4n) is 3.67. The van der Waals surface area contributed by atoms with E-state index in [9.17, 15) is 23.7 Å². The molecule has 0 fully saturated rings. The van der Waals surface area contributed by atoms with Gasteiger partial charge in [-0.2, -0.15) is 0 Å². The highest BCUT2D eigenvalue weighted by molar-refractivity contribution is 7.46. The molecule has 0 saturated heterocycles. The molecular weight excluding hydrogens is 584 g/mol. The Balaban J connectivity index is 1.60. The Morgan fingerprint density at radius 2 is 1.83 bits per heavy atom. The number of amides is 2. The third kappa shape index (κ3) is 10.6. The lowest BCUT2D eigenvalue weighted by atomic mass is 10.1. The Morgan fingerprint density at radius 1 is 1.10 bits per heavy atom. The number of likely N-dealkylation sites (N-methyl/N-ethyl adjacent to an activating group) is 1. The zero-order chi connectivity index (χ0) is 30.0. The van der Waals surface area contributed by atoms with Gasteiger partial charge in [-0.3, -0.25) is 14.6 Å². The molecule has 2 aromatic carbocycles. The van der Waals surface area contributed by atoms with Crippen molar-refractivity contribution >= 4 is 48.0 Å². The number of benzene rings is 2. The molecule has 15 heteroatoms. The van der Waals surface area contributed by atoms with E-state index in [1.165, 1.54) is 24.1 Å². The van der Waals surface area contributed by atoms with Gasteiger partial charge in [-0.25, -0.2) is 18.7 Å². The number of phosphoric ester groups is 1. The van der Waals surface area contributed by atoms with Crippen molar-refractivity contribution in [1.29, 1.82) is 0 Å². The van der Waals surface area contributed by atoms with Gasteiger partial charge in [0.1, 0.15) is 24.3 Å². The van der Waals surface area contributed by atoms with Crippen LogP contribution in [0.3, 0.4) is 0 Å². The van der Waals surface area contributed by atoms with Gasteiger partial charge in [-0.1, -0.05) is 48.0 Å². The van der Waals surface area contributed by atoms with Crippen LogP contribution in [0, 0.1) is 5.82 Å². The summed E-state index contributed by atoms with van der Waals surface area (Å²) in [6.45, 7) is -1.59. The van der Waals surface area contributed by atoms with Crippen molar-refractivity contribution in [3.05, 3.63) is 71.1 Å². The molecule has 41 heavy (non-hydrogen) atoms. The number of hydrogen-bond donors (Lipinski definition) is 4. The minimum Gasteiger partial charge on any atom is -0.447 e. The predicted octanol–water partition coefficient (Wildman–Crippen LogP) is 3.52. The van der Waals surface area contributed by atoms with E-state index < -0.39 is 38.5 Å². The number of pyridine rings is 1. The number of hydrogen-bond acceptors (Lipinski definition) is 8. The van der Waals surface area contributed by atoms with Gasteiger partial charge in [0.05, 0.1) is 30.9 Å². The Bertz CT molecular complexity index is 1390. The summed E-state index contributed by atoms with van der Waals surface area (Å²) >= 11 is 5.98. The monoisotopic (exact) mass is 613 g/mol. The number of anilines is 1. The first-order chi connectivity index (χ1) is 19.4. The standard InChI is InChI=1S/C26H30ClFN3O9P/c1-31(24(33)10-9-17-7-4-8-22(28)25(17)27)20(13-38-15-21(32)16-40-41(35,36)37)14-39-26(34)30-23-11-18-5-2-3-6-19(18)12-29-23/h2-8,11-12,20-21,32H,9-10,13-16H2,1H3,(H,29,30,34)(H2,35,36,37)/t20-,21-/m0/s1. The van der Waals surface area contributed by atoms with E-state index in [0.717, 1.165) is 10.8 Å². The lowest BCUT2D eigenvalue weighted by molar-refractivity contribution is -0.134. The van der Waals surface area contributed by atoms with Gasteiger partial charge in [0.15, 0.2) is 0 Å². The number of aliphatic hydroxyl groups is 1. The lowest BCUT2D eigenvalue weighted by Gasteiger charge is -2.28. The SMILES string of the molecule is CN(C(=O)CCc1cccc(F)c1Cl)[C@@H](COC[C@H](O)COP(=O)(O)O)COC(=O)Nc1cc2ccccc2cn1. The molecule has 1 aromatic heterocycles. The average Bonchev–Trinajstić information content (AvgIpc) is 2.93. The van der Waals surface area contributed by atoms with E-state index in [-0.39, 0.29) is 49.4 Å². The van der Waals surface area contributed by atoms with Crippen LogP contribution in [-0.2, 0) is 29.8 Å². The Hall–Kier alpha value is -3.16. The number of ether oxygens (including phenoxy) is 2. The molecule has 0 saturated carbocycles. The van der Waals surface area contributed by atoms with E-state index in [0.29, 0.717) is 5.56 Å². The smallest absolute Gasteiger partial charge is 0.447 e. The van der Waals surface area contributed by atoms with Crippen LogP contribution in [0.1, 0.15) is 12.0 Å². The van der Waals surface area contributed by atoms with Crippen LogP contribution < -0.4 is 5.32 Å². The van der Waals surface area contributed by atoms with Gasteiger partial charge in [0.2, 0.25) is 5.91 Å². The number of rotatable bonds is 14. The number of aliphatic hydroxyl groups excluding tert-OH is 1. The highest BCUT2D eigenvalue weighted by Crippen LogP contribution is 2.35. The number of carbonyl (C=O) groups is 2. The molecule has 0 aliphatic carbocycles. The van der Waals surface area contributed by atoms with E-state index in [4.69, 9.17) is 30.9 Å². The fourth-order valence-corrected chi connectivity index (χ4v) is 4.26. The zero-order valence-electron chi connectivity index (χ0n) is 22.0. The molecular formula is C26H30ClFN3O9P. The molecule has 3 rings (SSSR count). The summed E-state index contributed by atoms with van der Waals surface area (Å²) in [6.07, 6.45) is -0.494. The van der Waals surface area contributed by atoms with Crippen molar-refractivity contribution in [1.82, 2.24) is 9.88 Å². The molecule has 0 aliphatic rings. The van der Waals surface area contributed by atoms with E-state index >= 15 is 0 Å². The quantitative estimate of drug-likeness (QED) is 0.197. The van der Waals surface area contributed by atoms with Gasteiger partial charge in [0.25, 0.3) is 0 Å². The van der Waals surface area contributed by atoms with Crippen LogP contribution in [0.4, 0.5) is 15.0 Å². The number of halogens is 2. The molecule has 0 bridgehead atoms. The van der Waals surface area contributed by atoms with Crippen molar-refractivity contribution < 1.29 is 47.4 Å². The molecule has 12 nitrogen and oxygen atoms in total. The summed E-state index contributed by atoms with van der Waals surface area (Å²) in [5.41, 5.74) is 0.452. The summed E-state index contributed by atoms with van der Waals surface area (Å²) in [4.78, 5) is 48.4. The first-order valence-corrected chi connectivity index (χ1v) is 14.3. The molecule has 3 aromatic rings. The molecule has 0 spiro atoms. The van der Waals surface area contributed by atoms with Crippen LogP contribution in [0.25, 0.3) is 10.8 Å². The maximum atomic E-state index is 13.7. The summed E-state index contributed by atoms with van der Waals surface area (Å²) in [5, 5.41) is 14.1. The van der Waals surface area contributed by atoms with Crippen LogP contribution in [0.15, 0.2) is 54.7 Å². The molecule has 2 atom stereocenters. The summed E-state index contributed by atoms with van der Waals surface area (Å²) in [7, 11) is -3.31. The van der Waals surface area contributed by atoms with Crippen molar-refractivity contribution in [3.63, 3.8) is 0 Å². The number of nitrogens with zero attached hydrogens (tertiary/aromatic N) is 2. The third-order valence-electron chi connectivity index (χ3n) is 5.90. The van der Waals surface area contributed by atoms with Crippen LogP contribution in [-0.4, -0.2) is 82.4 Å².